The zero-order valence-electron chi connectivity index (χ0n) is 9.41. The predicted octanol–water partition coefficient (Wildman–Crippen LogP) is 1.58. The largest absolute Gasteiger partial charge is 0.480 e. The van der Waals surface area contributed by atoms with Crippen LogP contribution in [0, 0.1) is 0 Å². The van der Waals surface area contributed by atoms with Crippen LogP contribution in [0.1, 0.15) is 5.69 Å². The summed E-state index contributed by atoms with van der Waals surface area (Å²) in [6.45, 7) is 0. The number of thioether (sulfide) groups is 1. The molecule has 6 nitrogen and oxygen atoms in total. The third kappa shape index (κ3) is 3.14. The molecule has 0 aliphatic carbocycles. The molecule has 0 saturated heterocycles. The van der Waals surface area contributed by atoms with Crippen LogP contribution >= 0.6 is 11.8 Å². The van der Waals surface area contributed by atoms with Crippen molar-refractivity contribution in [3.63, 3.8) is 0 Å². The number of nitrogens with two attached hydrogens (primary N) is 1. The van der Waals surface area contributed by atoms with E-state index in [0.717, 1.165) is 5.69 Å². The molecule has 0 spiro atoms. The fourth-order valence-corrected chi connectivity index (χ4v) is 2.14. The molecule has 0 radical (unpaired) electrons. The summed E-state index contributed by atoms with van der Waals surface area (Å²) in [5.41, 5.74) is 6.11. The number of rotatable bonds is 6. The van der Waals surface area contributed by atoms with Crippen molar-refractivity contribution in [1.82, 2.24) is 5.16 Å². The molecule has 0 aliphatic rings. The molecule has 3 N–H and O–H groups in total. The number of aliphatic carboxylic acids is 1. The van der Waals surface area contributed by atoms with Gasteiger partial charge < -0.3 is 19.8 Å². The maximum atomic E-state index is 10.5. The summed E-state index contributed by atoms with van der Waals surface area (Å²) >= 11 is 1.39. The second kappa shape index (κ2) is 5.74. The van der Waals surface area contributed by atoms with Crippen LogP contribution in [0.15, 0.2) is 33.4 Å². The predicted molar refractivity (Wildman–Crippen MR) is 66.0 cm³/mol. The quantitative estimate of drug-likeness (QED) is 0.819. The molecule has 0 saturated carbocycles. The molecule has 2 rings (SSSR count). The zero-order chi connectivity index (χ0) is 13.0. The van der Waals surface area contributed by atoms with Crippen LogP contribution in [0.3, 0.4) is 0 Å². The molecule has 0 aliphatic heterocycles. The first-order chi connectivity index (χ1) is 8.66. The van der Waals surface area contributed by atoms with Crippen molar-refractivity contribution in [1.29, 1.82) is 0 Å². The molecule has 2 aromatic heterocycles. The van der Waals surface area contributed by atoms with E-state index in [1.807, 2.05) is 0 Å². The smallest absolute Gasteiger partial charge is 0.321 e. The van der Waals surface area contributed by atoms with Crippen molar-refractivity contribution >= 4 is 17.7 Å². The highest BCUT2D eigenvalue weighted by Crippen LogP contribution is 2.22. The number of hydrogen-bond acceptors (Lipinski definition) is 6. The van der Waals surface area contributed by atoms with Gasteiger partial charge in [-0.3, -0.25) is 4.79 Å². The zero-order valence-corrected chi connectivity index (χ0v) is 10.2. The summed E-state index contributed by atoms with van der Waals surface area (Å²) in [7, 11) is 0. The molecule has 96 valence electrons. The molecule has 7 heteroatoms. The normalized spacial score (nSPS) is 12.5. The van der Waals surface area contributed by atoms with E-state index >= 15 is 0 Å². The van der Waals surface area contributed by atoms with Crippen molar-refractivity contribution in [2.45, 2.75) is 11.8 Å². The van der Waals surface area contributed by atoms with E-state index in [9.17, 15) is 4.79 Å². The lowest BCUT2D eigenvalue weighted by atomic mass is 10.3. The first-order valence-corrected chi connectivity index (χ1v) is 6.38. The molecule has 0 bridgehead atoms. The molecular formula is C11H12N2O4S. The lowest BCUT2D eigenvalue weighted by Gasteiger charge is -2.03. The van der Waals surface area contributed by atoms with Crippen molar-refractivity contribution in [2.24, 2.45) is 5.73 Å². The lowest BCUT2D eigenvalue weighted by molar-refractivity contribution is -0.137. The van der Waals surface area contributed by atoms with Gasteiger partial charge in [0.1, 0.15) is 6.04 Å². The highest BCUT2D eigenvalue weighted by atomic mass is 32.2. The Kier molecular flexibility index (Phi) is 4.06. The minimum Gasteiger partial charge on any atom is -0.480 e. The number of carbonyl (C=O) groups is 1. The van der Waals surface area contributed by atoms with Crippen LogP contribution < -0.4 is 5.73 Å². The van der Waals surface area contributed by atoms with E-state index in [4.69, 9.17) is 19.8 Å². The molecular weight excluding hydrogens is 256 g/mol. The Hall–Kier alpha value is -1.73. The molecule has 2 aromatic rings. The fraction of sp³-hybridized carbons (Fsp3) is 0.273. The first kappa shape index (κ1) is 12.7. The Bertz CT molecular complexity index is 509. The number of nitrogens with zero attached hydrogens (tertiary/aromatic N) is 1. The van der Waals surface area contributed by atoms with Gasteiger partial charge in [-0.2, -0.15) is 11.8 Å². The molecule has 0 aromatic carbocycles. The van der Waals surface area contributed by atoms with Gasteiger partial charge in [-0.25, -0.2) is 0 Å². The van der Waals surface area contributed by atoms with Gasteiger partial charge in [-0.05, 0) is 12.1 Å². The van der Waals surface area contributed by atoms with Crippen LogP contribution in [0.4, 0.5) is 0 Å². The van der Waals surface area contributed by atoms with Crippen LogP contribution in [-0.2, 0) is 10.5 Å². The topological polar surface area (TPSA) is 102 Å². The molecule has 18 heavy (non-hydrogen) atoms. The SMILES string of the molecule is N[C@@H](CSCc1cc(-c2ccco2)on1)C(=O)O. The van der Waals surface area contributed by atoms with E-state index in [1.54, 1.807) is 24.5 Å². The number of carboxylic acids is 1. The second-order valence-electron chi connectivity index (χ2n) is 3.62. The lowest BCUT2D eigenvalue weighted by Crippen LogP contribution is -2.32. The minimum absolute atomic E-state index is 0.332. The third-order valence-electron chi connectivity index (χ3n) is 2.19. The molecule has 0 unspecified atom stereocenters. The van der Waals surface area contributed by atoms with Gasteiger partial charge in [0.25, 0.3) is 0 Å². The Morgan fingerprint density at radius 1 is 1.56 bits per heavy atom. The molecule has 2 heterocycles. The van der Waals surface area contributed by atoms with E-state index in [-0.39, 0.29) is 0 Å². The van der Waals surface area contributed by atoms with Gasteiger partial charge in [0.2, 0.25) is 5.76 Å². The summed E-state index contributed by atoms with van der Waals surface area (Å²) in [4.78, 5) is 10.5. The molecule has 0 fully saturated rings. The monoisotopic (exact) mass is 268 g/mol. The van der Waals surface area contributed by atoms with Crippen molar-refractivity contribution < 1.29 is 18.8 Å². The highest BCUT2D eigenvalue weighted by molar-refractivity contribution is 7.98. The average Bonchev–Trinajstić information content (AvgIpc) is 2.98. The van der Waals surface area contributed by atoms with Crippen LogP contribution in [0.25, 0.3) is 11.5 Å². The standard InChI is InChI=1S/C11H12N2O4S/c12-8(11(14)15)6-18-5-7-4-10(17-13-7)9-2-1-3-16-9/h1-4,8H,5-6,12H2,(H,14,15)/t8-/m0/s1. The van der Waals surface area contributed by atoms with E-state index in [1.165, 1.54) is 11.8 Å². The van der Waals surface area contributed by atoms with Crippen molar-refractivity contribution in [3.8, 4) is 11.5 Å². The summed E-state index contributed by atoms with van der Waals surface area (Å²) in [5, 5.41) is 12.5. The van der Waals surface area contributed by atoms with Crippen molar-refractivity contribution in [2.75, 3.05) is 5.75 Å². The fourth-order valence-electron chi connectivity index (χ4n) is 1.28. The molecule has 1 atom stereocenters. The van der Waals surface area contributed by atoms with Crippen LogP contribution in [-0.4, -0.2) is 28.0 Å². The number of aromatic nitrogens is 1. The van der Waals surface area contributed by atoms with E-state index < -0.39 is 12.0 Å². The summed E-state index contributed by atoms with van der Waals surface area (Å²) < 4.78 is 10.3. The van der Waals surface area contributed by atoms with E-state index in [2.05, 4.69) is 5.16 Å². The minimum atomic E-state index is -1.00. The van der Waals surface area contributed by atoms with Gasteiger partial charge >= 0.3 is 5.97 Å². The number of carboxylic acid groups (broad SMARTS) is 1. The Labute approximate surface area is 107 Å². The summed E-state index contributed by atoms with van der Waals surface area (Å²) in [6, 6.07) is 4.44. The van der Waals surface area contributed by atoms with Crippen molar-refractivity contribution in [3.05, 3.63) is 30.2 Å². The Morgan fingerprint density at radius 3 is 3.06 bits per heavy atom. The van der Waals surface area contributed by atoms with Crippen LogP contribution in [0.2, 0.25) is 0 Å². The van der Waals surface area contributed by atoms with Gasteiger partial charge in [0, 0.05) is 17.6 Å². The Morgan fingerprint density at radius 2 is 2.39 bits per heavy atom. The van der Waals surface area contributed by atoms with Crippen LogP contribution in [0.5, 0.6) is 0 Å². The molecule has 0 amide bonds. The summed E-state index contributed by atoms with van der Waals surface area (Å²) in [5.74, 6) is 1.04. The first-order valence-electron chi connectivity index (χ1n) is 5.22. The maximum absolute atomic E-state index is 10.5. The Balaban J connectivity index is 1.86. The van der Waals surface area contributed by atoms with Gasteiger partial charge in [0.05, 0.1) is 12.0 Å². The number of hydrogen-bond donors (Lipinski definition) is 2. The van der Waals surface area contributed by atoms with E-state index in [0.29, 0.717) is 23.0 Å². The highest BCUT2D eigenvalue weighted by Gasteiger charge is 2.13. The second-order valence-corrected chi connectivity index (χ2v) is 4.65. The average molecular weight is 268 g/mol. The van der Waals surface area contributed by atoms with Gasteiger partial charge in [-0.15, -0.1) is 0 Å². The van der Waals surface area contributed by atoms with Gasteiger partial charge in [-0.1, -0.05) is 5.16 Å². The summed E-state index contributed by atoms with van der Waals surface area (Å²) in [6.07, 6.45) is 1.55. The maximum Gasteiger partial charge on any atom is 0.321 e. The van der Waals surface area contributed by atoms with Gasteiger partial charge in [0.15, 0.2) is 5.76 Å². The number of furan rings is 1. The third-order valence-corrected chi connectivity index (χ3v) is 3.28.